The number of aromatic nitrogens is 1. The van der Waals surface area contributed by atoms with E-state index in [2.05, 4.69) is 27.2 Å². The molecule has 2 heterocycles. The van der Waals surface area contributed by atoms with Crippen molar-refractivity contribution >= 4 is 24.1 Å². The summed E-state index contributed by atoms with van der Waals surface area (Å²) in [5.74, 6) is -0.716. The zero-order chi connectivity index (χ0) is 21.8. The SMILES string of the molecule is CNC(=O)n1c(-c2ccc(F)cc2)c(CCN2CCN(c3ccccc3)CC2)oc1=O.Cl. The van der Waals surface area contributed by atoms with E-state index in [4.69, 9.17) is 4.42 Å². The first-order valence-electron chi connectivity index (χ1n) is 10.3. The third-order valence-corrected chi connectivity index (χ3v) is 5.56. The number of amides is 1. The fraction of sp³-hybridized carbons (Fsp3) is 0.304. The van der Waals surface area contributed by atoms with E-state index in [9.17, 15) is 14.0 Å². The van der Waals surface area contributed by atoms with Crippen molar-refractivity contribution in [2.45, 2.75) is 6.42 Å². The molecular formula is C23H26ClFN4O3. The highest BCUT2D eigenvalue weighted by Crippen LogP contribution is 2.24. The van der Waals surface area contributed by atoms with E-state index in [1.165, 1.54) is 24.9 Å². The molecule has 0 aliphatic carbocycles. The molecule has 170 valence electrons. The summed E-state index contributed by atoms with van der Waals surface area (Å²) in [7, 11) is 1.45. The summed E-state index contributed by atoms with van der Waals surface area (Å²) in [5.41, 5.74) is 2.14. The predicted molar refractivity (Wildman–Crippen MR) is 124 cm³/mol. The average Bonchev–Trinajstić information content (AvgIpc) is 3.14. The second-order valence-corrected chi connectivity index (χ2v) is 7.45. The van der Waals surface area contributed by atoms with Crippen LogP contribution in [0, 0.1) is 5.82 Å². The minimum Gasteiger partial charge on any atom is -0.412 e. The molecule has 1 aliphatic heterocycles. The fourth-order valence-corrected chi connectivity index (χ4v) is 3.91. The Kier molecular flexibility index (Phi) is 7.71. The van der Waals surface area contributed by atoms with Gasteiger partial charge in [0.15, 0.2) is 0 Å². The van der Waals surface area contributed by atoms with Crippen LogP contribution < -0.4 is 16.0 Å². The summed E-state index contributed by atoms with van der Waals surface area (Å²) in [6, 6.07) is 15.4. The Balaban J connectivity index is 0.00000289. The number of rotatable bonds is 5. The van der Waals surface area contributed by atoms with Gasteiger partial charge in [0.1, 0.15) is 17.3 Å². The smallest absolute Gasteiger partial charge is 0.412 e. The lowest BCUT2D eigenvalue weighted by atomic mass is 10.1. The number of carbonyl (C=O) groups excluding carboxylic acids is 1. The van der Waals surface area contributed by atoms with Crippen molar-refractivity contribution in [1.29, 1.82) is 0 Å². The molecular weight excluding hydrogens is 435 g/mol. The number of benzene rings is 2. The maximum Gasteiger partial charge on any atom is 0.428 e. The molecule has 0 atom stereocenters. The molecule has 0 bridgehead atoms. The zero-order valence-electron chi connectivity index (χ0n) is 17.8. The molecule has 0 saturated carbocycles. The number of hydrogen-bond donors (Lipinski definition) is 1. The largest absolute Gasteiger partial charge is 0.428 e. The van der Waals surface area contributed by atoms with Crippen molar-refractivity contribution in [1.82, 2.24) is 14.8 Å². The Morgan fingerprint density at radius 2 is 1.69 bits per heavy atom. The van der Waals surface area contributed by atoms with E-state index < -0.39 is 11.8 Å². The molecule has 7 nitrogen and oxygen atoms in total. The van der Waals surface area contributed by atoms with Crippen LogP contribution in [0.25, 0.3) is 11.3 Å². The molecule has 1 amide bonds. The lowest BCUT2D eigenvalue weighted by molar-refractivity contribution is 0.242. The molecule has 1 N–H and O–H groups in total. The monoisotopic (exact) mass is 460 g/mol. The summed E-state index contributed by atoms with van der Waals surface area (Å²) in [6.45, 7) is 4.30. The standard InChI is InChI=1S/C23H25FN4O3.ClH/c1-25-22(29)28-21(17-7-9-18(24)10-8-17)20(31-23(28)30)11-12-26-13-15-27(16-14-26)19-5-3-2-4-6-19;/h2-10H,11-16H2,1H3,(H,25,29);1H. The highest BCUT2D eigenvalue weighted by molar-refractivity contribution is 5.85. The van der Waals surface area contributed by atoms with Gasteiger partial charge in [0.2, 0.25) is 0 Å². The molecule has 3 aromatic rings. The van der Waals surface area contributed by atoms with E-state index >= 15 is 0 Å². The first-order chi connectivity index (χ1) is 15.1. The Labute approximate surface area is 191 Å². The fourth-order valence-electron chi connectivity index (χ4n) is 3.91. The summed E-state index contributed by atoms with van der Waals surface area (Å²) >= 11 is 0. The third kappa shape index (κ3) is 5.03. The normalized spacial score (nSPS) is 14.1. The van der Waals surface area contributed by atoms with Crippen LogP contribution in [0.15, 0.2) is 63.8 Å². The summed E-state index contributed by atoms with van der Waals surface area (Å²) in [5, 5.41) is 2.46. The Hall–Kier alpha value is -3.10. The highest BCUT2D eigenvalue weighted by atomic mass is 35.5. The second kappa shape index (κ2) is 10.5. The van der Waals surface area contributed by atoms with Gasteiger partial charge in [-0.15, -0.1) is 12.4 Å². The van der Waals surface area contributed by atoms with Crippen molar-refractivity contribution in [3.8, 4) is 11.3 Å². The van der Waals surface area contributed by atoms with Crippen LogP contribution in [0.4, 0.5) is 14.9 Å². The zero-order valence-corrected chi connectivity index (χ0v) is 18.6. The molecule has 4 rings (SSSR count). The average molecular weight is 461 g/mol. The van der Waals surface area contributed by atoms with Crippen molar-refractivity contribution in [2.24, 2.45) is 0 Å². The highest BCUT2D eigenvalue weighted by Gasteiger charge is 2.24. The minimum atomic E-state index is -0.748. The van der Waals surface area contributed by atoms with Crippen molar-refractivity contribution in [2.75, 3.05) is 44.7 Å². The predicted octanol–water partition coefficient (Wildman–Crippen LogP) is 3.22. The van der Waals surface area contributed by atoms with Gasteiger partial charge in [0.05, 0.1) is 0 Å². The van der Waals surface area contributed by atoms with Gasteiger partial charge in [-0.3, -0.25) is 4.90 Å². The molecule has 2 aromatic carbocycles. The number of para-hydroxylation sites is 1. The molecule has 0 radical (unpaired) electrons. The number of anilines is 1. The van der Waals surface area contributed by atoms with Gasteiger partial charge < -0.3 is 14.6 Å². The van der Waals surface area contributed by atoms with Gasteiger partial charge in [0.25, 0.3) is 0 Å². The van der Waals surface area contributed by atoms with Crippen LogP contribution in [0.5, 0.6) is 0 Å². The molecule has 0 unspecified atom stereocenters. The van der Waals surface area contributed by atoms with Crippen molar-refractivity contribution in [3.63, 3.8) is 0 Å². The molecule has 0 spiro atoms. The number of nitrogens with zero attached hydrogens (tertiary/aromatic N) is 3. The van der Waals surface area contributed by atoms with Crippen molar-refractivity contribution in [3.05, 3.63) is 76.7 Å². The van der Waals surface area contributed by atoms with Crippen LogP contribution in [0.1, 0.15) is 5.76 Å². The molecule has 1 fully saturated rings. The van der Waals surface area contributed by atoms with Gasteiger partial charge in [-0.1, -0.05) is 18.2 Å². The molecule has 9 heteroatoms. The maximum atomic E-state index is 13.4. The van der Waals surface area contributed by atoms with E-state index in [-0.39, 0.29) is 18.2 Å². The van der Waals surface area contributed by atoms with Gasteiger partial charge >= 0.3 is 11.8 Å². The molecule has 1 saturated heterocycles. The lowest BCUT2D eigenvalue weighted by Crippen LogP contribution is -2.47. The van der Waals surface area contributed by atoms with Crippen LogP contribution in [-0.2, 0) is 6.42 Å². The Morgan fingerprint density at radius 3 is 2.31 bits per heavy atom. The molecule has 32 heavy (non-hydrogen) atoms. The van der Waals surface area contributed by atoms with E-state index in [0.29, 0.717) is 30.0 Å². The van der Waals surface area contributed by atoms with Gasteiger partial charge in [-0.2, -0.15) is 4.57 Å². The Morgan fingerprint density at radius 1 is 1.03 bits per heavy atom. The van der Waals surface area contributed by atoms with Crippen molar-refractivity contribution < 1.29 is 13.6 Å². The maximum absolute atomic E-state index is 13.4. The number of hydrogen-bond acceptors (Lipinski definition) is 5. The van der Waals surface area contributed by atoms with Gasteiger partial charge in [-0.05, 0) is 36.4 Å². The molecule has 1 aromatic heterocycles. The quantitative estimate of drug-likeness (QED) is 0.633. The van der Waals surface area contributed by atoms with E-state index in [0.717, 1.165) is 30.7 Å². The van der Waals surface area contributed by atoms with E-state index in [1.54, 1.807) is 12.1 Å². The molecule has 1 aliphatic rings. The number of oxazole rings is 1. The third-order valence-electron chi connectivity index (χ3n) is 5.56. The second-order valence-electron chi connectivity index (χ2n) is 7.45. The van der Waals surface area contributed by atoms with Gasteiger partial charge in [0, 0.05) is 57.4 Å². The first-order valence-corrected chi connectivity index (χ1v) is 10.3. The number of halogens is 2. The first kappa shape index (κ1) is 23.6. The minimum absolute atomic E-state index is 0. The van der Waals surface area contributed by atoms with Crippen LogP contribution in [-0.4, -0.2) is 55.3 Å². The van der Waals surface area contributed by atoms with Crippen LogP contribution in [0.2, 0.25) is 0 Å². The topological polar surface area (TPSA) is 70.7 Å². The number of piperazine rings is 1. The Bertz CT molecular complexity index is 1090. The summed E-state index contributed by atoms with van der Waals surface area (Å²) in [4.78, 5) is 29.3. The number of nitrogens with one attached hydrogen (secondary N) is 1. The lowest BCUT2D eigenvalue weighted by Gasteiger charge is -2.36. The van der Waals surface area contributed by atoms with Gasteiger partial charge in [-0.25, -0.2) is 14.0 Å². The van der Waals surface area contributed by atoms with Crippen LogP contribution >= 0.6 is 12.4 Å². The van der Waals surface area contributed by atoms with Crippen LogP contribution in [0.3, 0.4) is 0 Å². The van der Waals surface area contributed by atoms with E-state index in [1.807, 2.05) is 18.2 Å². The number of carbonyl (C=O) groups is 1. The summed E-state index contributed by atoms with van der Waals surface area (Å²) in [6.07, 6.45) is 0.470. The summed E-state index contributed by atoms with van der Waals surface area (Å²) < 4.78 is 19.8.